The molecular weight excluding hydrogens is 194 g/mol. The predicted molar refractivity (Wildman–Crippen MR) is 70.6 cm³/mol. The summed E-state index contributed by atoms with van der Waals surface area (Å²) in [7, 11) is 0. The summed E-state index contributed by atoms with van der Waals surface area (Å²) < 4.78 is 0. The van der Waals surface area contributed by atoms with Gasteiger partial charge in [0.05, 0.1) is 0 Å². The first-order valence-corrected chi connectivity index (χ1v) is 7.23. The van der Waals surface area contributed by atoms with Crippen LogP contribution in [-0.2, 0) is 0 Å². The lowest BCUT2D eigenvalue weighted by Crippen LogP contribution is -2.36. The van der Waals surface area contributed by atoms with Crippen molar-refractivity contribution in [3.8, 4) is 0 Å². The van der Waals surface area contributed by atoms with Gasteiger partial charge in [0.25, 0.3) is 0 Å². The van der Waals surface area contributed by atoms with Gasteiger partial charge in [0.1, 0.15) is 0 Å². The molecule has 0 radical (unpaired) electrons. The summed E-state index contributed by atoms with van der Waals surface area (Å²) in [6.45, 7) is 12.3. The second kappa shape index (κ2) is 4.33. The molecule has 2 rings (SSSR count). The van der Waals surface area contributed by atoms with Crippen LogP contribution in [0.3, 0.4) is 0 Å². The smallest absolute Gasteiger partial charge is 0.00412 e. The third-order valence-electron chi connectivity index (χ3n) is 5.57. The van der Waals surface area contributed by atoms with Crippen LogP contribution < -0.4 is 0 Å². The SMILES string of the molecule is CCC1(C)CCC2(CCN(C(C)C)C2)CC1. The van der Waals surface area contributed by atoms with Crippen LogP contribution in [0.15, 0.2) is 0 Å². The molecule has 94 valence electrons. The molecule has 0 aromatic rings. The standard InChI is InChI=1S/C15H29N/c1-5-14(4)6-8-15(9-7-14)10-11-16(12-15)13(2)3/h13H,5-12H2,1-4H3. The maximum Gasteiger partial charge on any atom is 0.00412 e. The van der Waals surface area contributed by atoms with Crippen molar-refractivity contribution in [2.45, 2.75) is 72.3 Å². The van der Waals surface area contributed by atoms with Gasteiger partial charge in [-0.15, -0.1) is 0 Å². The maximum absolute atomic E-state index is 2.69. The monoisotopic (exact) mass is 223 g/mol. The van der Waals surface area contributed by atoms with Crippen LogP contribution in [0.25, 0.3) is 0 Å². The minimum absolute atomic E-state index is 0.663. The summed E-state index contributed by atoms with van der Waals surface area (Å²) in [4.78, 5) is 2.69. The van der Waals surface area contributed by atoms with E-state index in [0.29, 0.717) is 10.8 Å². The molecule has 0 amide bonds. The molecule has 1 spiro atoms. The molecule has 0 N–H and O–H groups in total. The lowest BCUT2D eigenvalue weighted by atomic mass is 9.63. The summed E-state index contributed by atoms with van der Waals surface area (Å²) in [5.41, 5.74) is 1.37. The van der Waals surface area contributed by atoms with Gasteiger partial charge in [0, 0.05) is 12.6 Å². The van der Waals surface area contributed by atoms with Crippen LogP contribution in [-0.4, -0.2) is 24.0 Å². The molecule has 2 aliphatic rings. The number of rotatable bonds is 2. The molecule has 0 atom stereocenters. The minimum atomic E-state index is 0.663. The second-order valence-electron chi connectivity index (χ2n) is 6.98. The van der Waals surface area contributed by atoms with Gasteiger partial charge < -0.3 is 4.90 Å². The lowest BCUT2D eigenvalue weighted by molar-refractivity contribution is 0.0868. The maximum atomic E-state index is 2.69. The van der Waals surface area contributed by atoms with Crippen LogP contribution in [0.5, 0.6) is 0 Å². The molecule has 0 aromatic carbocycles. The quantitative estimate of drug-likeness (QED) is 0.682. The molecule has 0 unspecified atom stereocenters. The van der Waals surface area contributed by atoms with Crippen LogP contribution >= 0.6 is 0 Å². The molecule has 0 aromatic heterocycles. The average Bonchev–Trinajstić information content (AvgIpc) is 2.68. The van der Waals surface area contributed by atoms with Gasteiger partial charge in [-0.25, -0.2) is 0 Å². The fraction of sp³-hybridized carbons (Fsp3) is 1.00. The molecule has 16 heavy (non-hydrogen) atoms. The molecular formula is C15H29N. The zero-order chi connectivity index (χ0) is 11.8. The molecule has 1 saturated carbocycles. The Morgan fingerprint density at radius 3 is 2.12 bits per heavy atom. The first-order valence-electron chi connectivity index (χ1n) is 7.23. The van der Waals surface area contributed by atoms with Gasteiger partial charge in [0.2, 0.25) is 0 Å². The first kappa shape index (κ1) is 12.4. The highest BCUT2D eigenvalue weighted by atomic mass is 15.2. The molecule has 1 heterocycles. The second-order valence-corrected chi connectivity index (χ2v) is 6.98. The van der Waals surface area contributed by atoms with Crippen molar-refractivity contribution in [2.24, 2.45) is 10.8 Å². The zero-order valence-corrected chi connectivity index (χ0v) is 11.7. The van der Waals surface area contributed by atoms with Gasteiger partial charge >= 0.3 is 0 Å². The number of nitrogens with zero attached hydrogens (tertiary/aromatic N) is 1. The first-order chi connectivity index (χ1) is 7.49. The van der Waals surface area contributed by atoms with E-state index in [4.69, 9.17) is 0 Å². The van der Waals surface area contributed by atoms with Gasteiger partial charge in [-0.1, -0.05) is 20.3 Å². The third kappa shape index (κ3) is 2.30. The molecule has 0 bridgehead atoms. The van der Waals surface area contributed by atoms with E-state index in [2.05, 4.69) is 32.6 Å². The molecule has 1 aliphatic heterocycles. The normalized spacial score (nSPS) is 41.1. The topological polar surface area (TPSA) is 3.24 Å². The van der Waals surface area contributed by atoms with E-state index in [0.717, 1.165) is 6.04 Å². The minimum Gasteiger partial charge on any atom is -0.300 e. The van der Waals surface area contributed by atoms with E-state index in [-0.39, 0.29) is 0 Å². The summed E-state index contributed by atoms with van der Waals surface area (Å²) >= 11 is 0. The summed E-state index contributed by atoms with van der Waals surface area (Å²) in [6.07, 6.45) is 8.74. The Morgan fingerprint density at radius 1 is 1.06 bits per heavy atom. The van der Waals surface area contributed by atoms with Crippen molar-refractivity contribution < 1.29 is 0 Å². The molecule has 1 saturated heterocycles. The summed E-state index contributed by atoms with van der Waals surface area (Å²) in [5, 5.41) is 0. The van der Waals surface area contributed by atoms with E-state index in [1.807, 2.05) is 0 Å². The van der Waals surface area contributed by atoms with Crippen LogP contribution in [0, 0.1) is 10.8 Å². The fourth-order valence-corrected chi connectivity index (χ4v) is 3.56. The largest absolute Gasteiger partial charge is 0.300 e. The van der Waals surface area contributed by atoms with Crippen molar-refractivity contribution in [1.29, 1.82) is 0 Å². The Balaban J connectivity index is 1.94. The number of hydrogen-bond donors (Lipinski definition) is 0. The van der Waals surface area contributed by atoms with Crippen molar-refractivity contribution in [1.82, 2.24) is 4.90 Å². The van der Waals surface area contributed by atoms with Crippen LogP contribution in [0.2, 0.25) is 0 Å². The van der Waals surface area contributed by atoms with E-state index in [1.54, 1.807) is 0 Å². The van der Waals surface area contributed by atoms with Gasteiger partial charge in [0.15, 0.2) is 0 Å². The van der Waals surface area contributed by atoms with Crippen molar-refractivity contribution in [3.05, 3.63) is 0 Å². The van der Waals surface area contributed by atoms with Crippen LogP contribution in [0.4, 0.5) is 0 Å². The highest BCUT2D eigenvalue weighted by Crippen LogP contribution is 2.51. The fourth-order valence-electron chi connectivity index (χ4n) is 3.56. The van der Waals surface area contributed by atoms with Crippen LogP contribution in [0.1, 0.15) is 66.2 Å². The molecule has 1 aliphatic carbocycles. The van der Waals surface area contributed by atoms with Crippen molar-refractivity contribution >= 4 is 0 Å². The molecule has 2 fully saturated rings. The van der Waals surface area contributed by atoms with E-state index in [1.165, 1.54) is 51.6 Å². The Hall–Kier alpha value is -0.0400. The highest BCUT2D eigenvalue weighted by molar-refractivity contribution is 4.96. The summed E-state index contributed by atoms with van der Waals surface area (Å²) in [5.74, 6) is 0. The van der Waals surface area contributed by atoms with Gasteiger partial charge in [-0.3, -0.25) is 0 Å². The Kier molecular flexibility index (Phi) is 3.36. The number of likely N-dealkylation sites (tertiary alicyclic amines) is 1. The lowest BCUT2D eigenvalue weighted by Gasteiger charge is -2.43. The van der Waals surface area contributed by atoms with Crippen molar-refractivity contribution in [3.63, 3.8) is 0 Å². The van der Waals surface area contributed by atoms with Gasteiger partial charge in [-0.2, -0.15) is 0 Å². The Labute approximate surface area is 102 Å². The third-order valence-corrected chi connectivity index (χ3v) is 5.57. The summed E-state index contributed by atoms with van der Waals surface area (Å²) in [6, 6.07) is 0.749. The predicted octanol–water partition coefficient (Wildman–Crippen LogP) is 4.08. The van der Waals surface area contributed by atoms with E-state index < -0.39 is 0 Å². The Morgan fingerprint density at radius 2 is 1.69 bits per heavy atom. The number of hydrogen-bond acceptors (Lipinski definition) is 1. The highest BCUT2D eigenvalue weighted by Gasteiger charge is 2.43. The Bertz CT molecular complexity index is 236. The van der Waals surface area contributed by atoms with E-state index in [9.17, 15) is 0 Å². The van der Waals surface area contributed by atoms with Crippen molar-refractivity contribution in [2.75, 3.05) is 13.1 Å². The molecule has 1 heteroatoms. The van der Waals surface area contributed by atoms with E-state index >= 15 is 0 Å². The van der Waals surface area contributed by atoms with Gasteiger partial charge in [-0.05, 0) is 63.3 Å². The zero-order valence-electron chi connectivity index (χ0n) is 11.7. The average molecular weight is 223 g/mol. The molecule has 1 nitrogen and oxygen atoms in total.